The number of halogens is 1. The fourth-order valence-electron chi connectivity index (χ4n) is 2.59. The second-order valence-corrected chi connectivity index (χ2v) is 5.82. The number of methoxy groups -OCH3 is 1. The number of carbonyl (C=O) groups excluding carboxylic acids is 1. The molecule has 2 atom stereocenters. The lowest BCUT2D eigenvalue weighted by Crippen LogP contribution is -2.46. The topological polar surface area (TPSA) is 50.4 Å². The minimum atomic E-state index is -0.449. The number of amides is 1. The number of ether oxygens (including phenoxy) is 1. The quantitative estimate of drug-likeness (QED) is 0.875. The molecule has 5 heteroatoms. The van der Waals surface area contributed by atoms with Crippen LogP contribution in [0.15, 0.2) is 24.3 Å². The molecule has 1 aliphatic heterocycles. The number of rotatable bonds is 5. The lowest BCUT2D eigenvalue weighted by atomic mass is 9.86. The van der Waals surface area contributed by atoms with Gasteiger partial charge in [0.1, 0.15) is 0 Å². The van der Waals surface area contributed by atoms with E-state index in [1.165, 1.54) is 0 Å². The molecule has 1 aliphatic rings. The van der Waals surface area contributed by atoms with Gasteiger partial charge >= 0.3 is 0 Å². The van der Waals surface area contributed by atoms with Crippen LogP contribution in [0.5, 0.6) is 0 Å². The number of nitrogens with one attached hydrogen (secondary N) is 2. The molecule has 1 heterocycles. The van der Waals surface area contributed by atoms with Crippen molar-refractivity contribution in [2.75, 3.05) is 26.8 Å². The van der Waals surface area contributed by atoms with E-state index in [2.05, 4.69) is 10.6 Å². The van der Waals surface area contributed by atoms with Crippen molar-refractivity contribution in [1.29, 1.82) is 0 Å². The van der Waals surface area contributed by atoms with Gasteiger partial charge in [-0.1, -0.05) is 23.7 Å². The molecule has 2 N–H and O–H groups in total. The summed E-state index contributed by atoms with van der Waals surface area (Å²) in [6.07, 6.45) is 0.806. The Hall–Kier alpha value is -1.10. The number of benzene rings is 1. The van der Waals surface area contributed by atoms with Crippen molar-refractivity contribution in [2.45, 2.75) is 19.4 Å². The Morgan fingerprint density at radius 1 is 1.50 bits per heavy atom. The summed E-state index contributed by atoms with van der Waals surface area (Å²) in [5.41, 5.74) is 0.594. The molecule has 1 fully saturated rings. The highest BCUT2D eigenvalue weighted by Gasteiger charge is 2.41. The molecule has 0 radical (unpaired) electrons. The highest BCUT2D eigenvalue weighted by atomic mass is 35.5. The molecule has 0 aromatic heterocycles. The first kappa shape index (κ1) is 15.3. The highest BCUT2D eigenvalue weighted by molar-refractivity contribution is 6.30. The second kappa shape index (κ2) is 6.57. The maximum Gasteiger partial charge on any atom is 0.230 e. The monoisotopic (exact) mass is 296 g/mol. The molecule has 1 amide bonds. The molecular weight excluding hydrogens is 276 g/mol. The minimum Gasteiger partial charge on any atom is -0.384 e. The van der Waals surface area contributed by atoms with E-state index in [-0.39, 0.29) is 11.9 Å². The molecule has 0 aliphatic carbocycles. The van der Waals surface area contributed by atoms with Crippen molar-refractivity contribution in [2.24, 2.45) is 5.41 Å². The smallest absolute Gasteiger partial charge is 0.230 e. The van der Waals surface area contributed by atoms with E-state index in [9.17, 15) is 4.79 Å². The Morgan fingerprint density at radius 2 is 2.20 bits per heavy atom. The molecule has 0 bridgehead atoms. The van der Waals surface area contributed by atoms with Gasteiger partial charge in [-0.05, 0) is 37.6 Å². The summed E-state index contributed by atoms with van der Waals surface area (Å²) in [5, 5.41) is 7.02. The van der Waals surface area contributed by atoms with E-state index in [0.29, 0.717) is 18.2 Å². The summed E-state index contributed by atoms with van der Waals surface area (Å²) in [5.74, 6) is 0.0480. The third kappa shape index (κ3) is 3.32. The Kier molecular flexibility index (Phi) is 5.02. The lowest BCUT2D eigenvalue weighted by molar-refractivity contribution is -0.133. The van der Waals surface area contributed by atoms with Crippen LogP contribution in [0.25, 0.3) is 0 Å². The first-order valence-corrected chi connectivity index (χ1v) is 7.21. The van der Waals surface area contributed by atoms with E-state index >= 15 is 0 Å². The van der Waals surface area contributed by atoms with Crippen LogP contribution in [0.2, 0.25) is 5.02 Å². The largest absolute Gasteiger partial charge is 0.384 e. The van der Waals surface area contributed by atoms with Crippen LogP contribution in [0, 0.1) is 5.41 Å². The van der Waals surface area contributed by atoms with E-state index in [1.54, 1.807) is 7.11 Å². The van der Waals surface area contributed by atoms with Crippen LogP contribution < -0.4 is 10.6 Å². The molecule has 2 rings (SSSR count). The summed E-state index contributed by atoms with van der Waals surface area (Å²) < 4.78 is 5.23. The van der Waals surface area contributed by atoms with Gasteiger partial charge in [-0.2, -0.15) is 0 Å². The van der Waals surface area contributed by atoms with Crippen molar-refractivity contribution < 1.29 is 9.53 Å². The van der Waals surface area contributed by atoms with Gasteiger partial charge in [-0.3, -0.25) is 4.79 Å². The first-order valence-electron chi connectivity index (χ1n) is 6.83. The van der Waals surface area contributed by atoms with Crippen LogP contribution in [-0.2, 0) is 9.53 Å². The van der Waals surface area contributed by atoms with Crippen LogP contribution in [0.1, 0.15) is 24.9 Å². The Balaban J connectivity index is 2.04. The third-order valence-electron chi connectivity index (χ3n) is 3.86. The van der Waals surface area contributed by atoms with Crippen molar-refractivity contribution in [3.8, 4) is 0 Å². The first-order chi connectivity index (χ1) is 9.57. The normalized spacial score (nSPS) is 23.6. The van der Waals surface area contributed by atoms with E-state index in [4.69, 9.17) is 16.3 Å². The molecule has 2 unspecified atom stereocenters. The SMILES string of the molecule is COCC1(C(=O)NC(C)c2ccc(Cl)cc2)CCNC1. The molecule has 110 valence electrons. The summed E-state index contributed by atoms with van der Waals surface area (Å²) in [6.45, 7) is 3.94. The van der Waals surface area contributed by atoms with Crippen molar-refractivity contribution in [3.63, 3.8) is 0 Å². The van der Waals surface area contributed by atoms with Gasteiger partial charge < -0.3 is 15.4 Å². The summed E-state index contributed by atoms with van der Waals surface area (Å²) in [6, 6.07) is 7.49. The zero-order valence-corrected chi connectivity index (χ0v) is 12.7. The summed E-state index contributed by atoms with van der Waals surface area (Å²) in [7, 11) is 1.63. The Labute approximate surface area is 124 Å². The average molecular weight is 297 g/mol. The Morgan fingerprint density at radius 3 is 2.75 bits per heavy atom. The average Bonchev–Trinajstić information content (AvgIpc) is 2.89. The van der Waals surface area contributed by atoms with Gasteiger partial charge in [0.25, 0.3) is 0 Å². The molecule has 0 spiro atoms. The highest BCUT2D eigenvalue weighted by Crippen LogP contribution is 2.27. The lowest BCUT2D eigenvalue weighted by Gasteiger charge is -2.28. The summed E-state index contributed by atoms with van der Waals surface area (Å²) in [4.78, 5) is 12.6. The van der Waals surface area contributed by atoms with Crippen molar-refractivity contribution >= 4 is 17.5 Å². The molecule has 1 aromatic carbocycles. The van der Waals surface area contributed by atoms with E-state index in [1.807, 2.05) is 31.2 Å². The van der Waals surface area contributed by atoms with Crippen molar-refractivity contribution in [1.82, 2.24) is 10.6 Å². The van der Waals surface area contributed by atoms with Crippen LogP contribution in [0.4, 0.5) is 0 Å². The number of hydrogen-bond donors (Lipinski definition) is 2. The third-order valence-corrected chi connectivity index (χ3v) is 4.12. The van der Waals surface area contributed by atoms with Gasteiger partial charge in [-0.15, -0.1) is 0 Å². The van der Waals surface area contributed by atoms with Crippen LogP contribution >= 0.6 is 11.6 Å². The predicted octanol–water partition coefficient (Wildman–Crippen LogP) is 2.14. The molecule has 20 heavy (non-hydrogen) atoms. The molecule has 1 saturated heterocycles. The van der Waals surface area contributed by atoms with E-state index < -0.39 is 5.41 Å². The molecule has 0 saturated carbocycles. The molecule has 1 aromatic rings. The molecular formula is C15H21ClN2O2. The Bertz CT molecular complexity index is 455. The number of carbonyl (C=O) groups is 1. The molecule has 4 nitrogen and oxygen atoms in total. The van der Waals surface area contributed by atoms with Gasteiger partial charge in [0.05, 0.1) is 18.1 Å². The summed E-state index contributed by atoms with van der Waals surface area (Å²) >= 11 is 5.88. The second-order valence-electron chi connectivity index (χ2n) is 5.39. The fourth-order valence-corrected chi connectivity index (χ4v) is 2.71. The van der Waals surface area contributed by atoms with Gasteiger partial charge in [0.2, 0.25) is 5.91 Å². The standard InChI is InChI=1S/C15H21ClN2O2/c1-11(12-3-5-13(16)6-4-12)18-14(19)15(10-20-2)7-8-17-9-15/h3-6,11,17H,7-10H2,1-2H3,(H,18,19). The maximum atomic E-state index is 12.6. The van der Waals surface area contributed by atoms with Gasteiger partial charge in [-0.25, -0.2) is 0 Å². The van der Waals surface area contributed by atoms with Crippen LogP contribution in [-0.4, -0.2) is 32.7 Å². The van der Waals surface area contributed by atoms with Crippen LogP contribution in [0.3, 0.4) is 0 Å². The zero-order chi connectivity index (χ0) is 14.6. The van der Waals surface area contributed by atoms with E-state index in [0.717, 1.165) is 18.5 Å². The zero-order valence-electron chi connectivity index (χ0n) is 11.9. The van der Waals surface area contributed by atoms with Crippen molar-refractivity contribution in [3.05, 3.63) is 34.9 Å². The maximum absolute atomic E-state index is 12.6. The fraction of sp³-hybridized carbons (Fsp3) is 0.533. The van der Waals surface area contributed by atoms with Gasteiger partial charge in [0.15, 0.2) is 0 Å². The number of hydrogen-bond acceptors (Lipinski definition) is 3. The predicted molar refractivity (Wildman–Crippen MR) is 79.8 cm³/mol. The van der Waals surface area contributed by atoms with Gasteiger partial charge in [0, 0.05) is 18.7 Å². The minimum absolute atomic E-state index is 0.0471.